The van der Waals surface area contributed by atoms with Gasteiger partial charge in [-0.25, -0.2) is 0 Å². The summed E-state index contributed by atoms with van der Waals surface area (Å²) in [5.41, 5.74) is 1.50. The highest BCUT2D eigenvalue weighted by molar-refractivity contribution is 6.30. The van der Waals surface area contributed by atoms with E-state index in [0.29, 0.717) is 17.0 Å². The molecule has 0 aliphatic carbocycles. The molecule has 0 saturated heterocycles. The van der Waals surface area contributed by atoms with E-state index in [0.717, 1.165) is 5.56 Å². The quantitative estimate of drug-likeness (QED) is 0.743. The van der Waals surface area contributed by atoms with Gasteiger partial charge in [0.15, 0.2) is 5.78 Å². The van der Waals surface area contributed by atoms with Crippen LogP contribution in [0.25, 0.3) is 0 Å². The van der Waals surface area contributed by atoms with Crippen LogP contribution in [0.4, 0.5) is 0 Å². The van der Waals surface area contributed by atoms with Crippen molar-refractivity contribution in [3.05, 3.63) is 59.0 Å². The Labute approximate surface area is 92.5 Å². The second-order valence-electron chi connectivity index (χ2n) is 3.24. The van der Waals surface area contributed by atoms with Gasteiger partial charge in [-0.15, -0.1) is 0 Å². The van der Waals surface area contributed by atoms with Gasteiger partial charge in [0.25, 0.3) is 0 Å². The summed E-state index contributed by atoms with van der Waals surface area (Å²) >= 11 is 5.82. The zero-order chi connectivity index (χ0) is 10.7. The van der Waals surface area contributed by atoms with Gasteiger partial charge in [-0.3, -0.25) is 4.79 Å². The molecule has 0 fully saturated rings. The lowest BCUT2D eigenvalue weighted by atomic mass is 10.1. The Balaban J connectivity index is 2.13. The Kier molecular flexibility index (Phi) is 2.88. The number of benzene rings is 1. The van der Waals surface area contributed by atoms with Crippen LogP contribution < -0.4 is 0 Å². The molecule has 1 aromatic heterocycles. The minimum absolute atomic E-state index is 0.0333. The molecule has 0 aliphatic heterocycles. The molecule has 0 aliphatic rings. The number of ketones is 1. The molecule has 15 heavy (non-hydrogen) atoms. The van der Waals surface area contributed by atoms with Gasteiger partial charge in [-0.2, -0.15) is 0 Å². The molecule has 2 rings (SSSR count). The van der Waals surface area contributed by atoms with E-state index in [-0.39, 0.29) is 5.78 Å². The SMILES string of the molecule is O=C(Cc1cccc(Cl)c1)c1ccoc1. The zero-order valence-electron chi connectivity index (χ0n) is 7.94. The lowest BCUT2D eigenvalue weighted by Gasteiger charge is -1.99. The van der Waals surface area contributed by atoms with Crippen LogP contribution in [0, 0.1) is 0 Å². The largest absolute Gasteiger partial charge is 0.472 e. The average molecular weight is 221 g/mol. The number of Topliss-reactive ketones (excluding diaryl/α,β-unsaturated/α-hetero) is 1. The van der Waals surface area contributed by atoms with E-state index in [9.17, 15) is 4.79 Å². The van der Waals surface area contributed by atoms with E-state index < -0.39 is 0 Å². The van der Waals surface area contributed by atoms with E-state index >= 15 is 0 Å². The Morgan fingerprint density at radius 3 is 2.87 bits per heavy atom. The molecular formula is C12H9ClO2. The molecule has 76 valence electrons. The van der Waals surface area contributed by atoms with Crippen LogP contribution in [0.2, 0.25) is 5.02 Å². The van der Waals surface area contributed by atoms with Crippen molar-refractivity contribution in [2.75, 3.05) is 0 Å². The molecule has 1 heterocycles. The van der Waals surface area contributed by atoms with Crippen molar-refractivity contribution in [1.82, 2.24) is 0 Å². The van der Waals surface area contributed by atoms with Crippen LogP contribution in [-0.2, 0) is 6.42 Å². The third-order valence-corrected chi connectivity index (χ3v) is 2.33. The molecule has 0 saturated carbocycles. The monoisotopic (exact) mass is 220 g/mol. The maximum atomic E-state index is 11.7. The minimum atomic E-state index is 0.0333. The Morgan fingerprint density at radius 1 is 1.33 bits per heavy atom. The van der Waals surface area contributed by atoms with Crippen molar-refractivity contribution in [2.24, 2.45) is 0 Å². The van der Waals surface area contributed by atoms with Crippen molar-refractivity contribution in [3.8, 4) is 0 Å². The molecule has 0 atom stereocenters. The summed E-state index contributed by atoms with van der Waals surface area (Å²) in [6.45, 7) is 0. The summed E-state index contributed by atoms with van der Waals surface area (Å²) in [5.74, 6) is 0.0333. The lowest BCUT2D eigenvalue weighted by Crippen LogP contribution is -2.01. The third kappa shape index (κ3) is 2.48. The molecule has 2 nitrogen and oxygen atoms in total. The lowest BCUT2D eigenvalue weighted by molar-refractivity contribution is 0.0992. The maximum absolute atomic E-state index is 11.7. The van der Waals surface area contributed by atoms with Crippen LogP contribution in [-0.4, -0.2) is 5.78 Å². The molecular weight excluding hydrogens is 212 g/mol. The van der Waals surface area contributed by atoms with Gasteiger partial charge < -0.3 is 4.42 Å². The van der Waals surface area contributed by atoms with Gasteiger partial charge in [0.1, 0.15) is 6.26 Å². The van der Waals surface area contributed by atoms with Crippen LogP contribution in [0.3, 0.4) is 0 Å². The van der Waals surface area contributed by atoms with Gasteiger partial charge >= 0.3 is 0 Å². The molecule has 2 aromatic rings. The second kappa shape index (κ2) is 4.32. The van der Waals surface area contributed by atoms with Crippen LogP contribution in [0.5, 0.6) is 0 Å². The van der Waals surface area contributed by atoms with E-state index in [1.807, 2.05) is 12.1 Å². The van der Waals surface area contributed by atoms with Crippen molar-refractivity contribution in [1.29, 1.82) is 0 Å². The van der Waals surface area contributed by atoms with Gasteiger partial charge in [-0.05, 0) is 23.8 Å². The maximum Gasteiger partial charge on any atom is 0.170 e. The molecule has 1 aromatic carbocycles. The first-order valence-electron chi connectivity index (χ1n) is 4.55. The number of rotatable bonds is 3. The fourth-order valence-corrected chi connectivity index (χ4v) is 1.57. The summed E-state index contributed by atoms with van der Waals surface area (Å²) in [6.07, 6.45) is 3.29. The summed E-state index contributed by atoms with van der Waals surface area (Å²) in [7, 11) is 0. The Hall–Kier alpha value is -1.54. The molecule has 0 unspecified atom stereocenters. The molecule has 0 radical (unpaired) electrons. The molecule has 3 heteroatoms. The van der Waals surface area contributed by atoms with Crippen LogP contribution in [0.1, 0.15) is 15.9 Å². The number of halogens is 1. The number of hydrogen-bond donors (Lipinski definition) is 0. The van der Waals surface area contributed by atoms with Crippen molar-refractivity contribution >= 4 is 17.4 Å². The topological polar surface area (TPSA) is 30.2 Å². The third-order valence-electron chi connectivity index (χ3n) is 2.10. The molecule has 0 amide bonds. The van der Waals surface area contributed by atoms with Crippen LogP contribution >= 0.6 is 11.6 Å². The van der Waals surface area contributed by atoms with E-state index in [4.69, 9.17) is 16.0 Å². The van der Waals surface area contributed by atoms with Gasteiger partial charge in [0, 0.05) is 11.4 Å². The zero-order valence-corrected chi connectivity index (χ0v) is 8.70. The molecule has 0 bridgehead atoms. The van der Waals surface area contributed by atoms with E-state index in [2.05, 4.69) is 0 Å². The highest BCUT2D eigenvalue weighted by Crippen LogP contribution is 2.13. The van der Waals surface area contributed by atoms with Gasteiger partial charge in [0.05, 0.1) is 11.8 Å². The summed E-state index contributed by atoms with van der Waals surface area (Å²) in [5, 5.41) is 0.646. The number of furan rings is 1. The van der Waals surface area contributed by atoms with E-state index in [1.165, 1.54) is 12.5 Å². The second-order valence-corrected chi connectivity index (χ2v) is 3.68. The predicted octanol–water partition coefficient (Wildman–Crippen LogP) is 3.36. The smallest absolute Gasteiger partial charge is 0.170 e. The summed E-state index contributed by atoms with van der Waals surface area (Å²) in [4.78, 5) is 11.7. The summed E-state index contributed by atoms with van der Waals surface area (Å²) < 4.78 is 4.85. The first kappa shape index (κ1) is 9.99. The van der Waals surface area contributed by atoms with Gasteiger partial charge in [-0.1, -0.05) is 23.7 Å². The highest BCUT2D eigenvalue weighted by Gasteiger charge is 2.07. The fourth-order valence-electron chi connectivity index (χ4n) is 1.36. The van der Waals surface area contributed by atoms with Crippen molar-refractivity contribution in [2.45, 2.75) is 6.42 Å². The highest BCUT2D eigenvalue weighted by atomic mass is 35.5. The fraction of sp³-hybridized carbons (Fsp3) is 0.0833. The Morgan fingerprint density at radius 2 is 2.20 bits per heavy atom. The number of hydrogen-bond acceptors (Lipinski definition) is 2. The van der Waals surface area contributed by atoms with Crippen molar-refractivity contribution in [3.63, 3.8) is 0 Å². The average Bonchev–Trinajstić information content (AvgIpc) is 2.70. The molecule has 0 spiro atoms. The Bertz CT molecular complexity index is 460. The normalized spacial score (nSPS) is 10.2. The van der Waals surface area contributed by atoms with Gasteiger partial charge in [0.2, 0.25) is 0 Å². The number of carbonyl (C=O) groups is 1. The standard InChI is InChI=1S/C12H9ClO2/c13-11-3-1-2-9(6-11)7-12(14)10-4-5-15-8-10/h1-6,8H,7H2. The first-order chi connectivity index (χ1) is 7.25. The van der Waals surface area contributed by atoms with E-state index in [1.54, 1.807) is 18.2 Å². The first-order valence-corrected chi connectivity index (χ1v) is 4.93. The number of carbonyl (C=O) groups excluding carboxylic acids is 1. The van der Waals surface area contributed by atoms with Crippen LogP contribution in [0.15, 0.2) is 47.3 Å². The summed E-state index contributed by atoms with van der Waals surface area (Å²) in [6, 6.07) is 8.95. The van der Waals surface area contributed by atoms with Crippen molar-refractivity contribution < 1.29 is 9.21 Å². The molecule has 0 N–H and O–H groups in total. The minimum Gasteiger partial charge on any atom is -0.472 e. The predicted molar refractivity (Wildman–Crippen MR) is 58.2 cm³/mol.